The van der Waals surface area contributed by atoms with Gasteiger partial charge in [-0.05, 0) is 37.8 Å². The molecule has 0 heterocycles. The summed E-state index contributed by atoms with van der Waals surface area (Å²) in [4.78, 5) is 12.7. The number of aliphatic hydroxyl groups excluding tert-OH is 1. The Hall–Kier alpha value is -1.62. The predicted molar refractivity (Wildman–Crippen MR) is 69.8 cm³/mol. The number of nitrogens with zero attached hydrogens (tertiary/aromatic N) is 2. The van der Waals surface area contributed by atoms with Gasteiger partial charge in [-0.15, -0.1) is 0 Å². The minimum atomic E-state index is -0.688. The van der Waals surface area contributed by atoms with Crippen LogP contribution in [-0.4, -0.2) is 23.1 Å². The van der Waals surface area contributed by atoms with Crippen molar-refractivity contribution in [2.45, 2.75) is 38.3 Å². The largest absolute Gasteiger partial charge is 0.389 e. The number of hydrogen-bond donors (Lipinski definition) is 1. The van der Waals surface area contributed by atoms with Crippen LogP contribution in [0.15, 0.2) is 18.2 Å². The van der Waals surface area contributed by atoms with E-state index in [0.29, 0.717) is 17.3 Å². The van der Waals surface area contributed by atoms with Gasteiger partial charge in [0.15, 0.2) is 0 Å². The van der Waals surface area contributed by atoms with E-state index in [-0.39, 0.29) is 10.6 Å². The Balaban J connectivity index is 2.36. The maximum absolute atomic E-state index is 11.1. The van der Waals surface area contributed by atoms with Crippen molar-refractivity contribution in [3.63, 3.8) is 0 Å². The summed E-state index contributed by atoms with van der Waals surface area (Å²) in [6, 6.07) is 5.36. The average Bonchev–Trinajstić information content (AvgIpc) is 2.25. The first-order valence-corrected chi connectivity index (χ1v) is 6.20. The van der Waals surface area contributed by atoms with Crippen LogP contribution in [0.2, 0.25) is 0 Å². The molecule has 1 fully saturated rings. The first-order chi connectivity index (χ1) is 8.50. The molecular weight excluding hydrogens is 232 g/mol. The van der Waals surface area contributed by atoms with Gasteiger partial charge >= 0.3 is 0 Å². The second kappa shape index (κ2) is 4.94. The third-order valence-electron chi connectivity index (χ3n) is 3.68. The van der Waals surface area contributed by atoms with Gasteiger partial charge in [-0.3, -0.25) is 10.1 Å². The number of nitro benzene ring substituents is 1. The molecular formula is C13H18N2O3. The Morgan fingerprint density at radius 1 is 1.50 bits per heavy atom. The molecule has 0 saturated heterocycles. The lowest BCUT2D eigenvalue weighted by molar-refractivity contribution is -0.384. The van der Waals surface area contributed by atoms with Crippen molar-refractivity contribution >= 4 is 11.4 Å². The molecule has 0 aromatic heterocycles. The Morgan fingerprint density at radius 2 is 2.17 bits per heavy atom. The number of aliphatic hydroxyl groups is 1. The fourth-order valence-electron chi connectivity index (χ4n) is 2.22. The van der Waals surface area contributed by atoms with E-state index in [1.807, 2.05) is 11.9 Å². The van der Waals surface area contributed by atoms with Crippen molar-refractivity contribution in [3.05, 3.63) is 33.9 Å². The molecule has 1 aromatic carbocycles. The van der Waals surface area contributed by atoms with E-state index in [1.165, 1.54) is 12.5 Å². The average molecular weight is 250 g/mol. The van der Waals surface area contributed by atoms with Crippen molar-refractivity contribution in [1.29, 1.82) is 0 Å². The first-order valence-electron chi connectivity index (χ1n) is 6.20. The van der Waals surface area contributed by atoms with Crippen LogP contribution in [0.25, 0.3) is 0 Å². The fraction of sp³-hybridized carbons (Fsp3) is 0.538. The van der Waals surface area contributed by atoms with E-state index in [9.17, 15) is 15.2 Å². The first kappa shape index (κ1) is 12.8. The number of rotatable bonds is 4. The highest BCUT2D eigenvalue weighted by Crippen LogP contribution is 2.35. The second-order valence-corrected chi connectivity index (χ2v) is 4.88. The molecule has 1 saturated carbocycles. The molecule has 5 heteroatoms. The molecule has 1 unspecified atom stereocenters. The Labute approximate surface area is 106 Å². The van der Waals surface area contributed by atoms with Crippen molar-refractivity contribution in [1.82, 2.24) is 0 Å². The van der Waals surface area contributed by atoms with Gasteiger partial charge in [0.2, 0.25) is 0 Å². The van der Waals surface area contributed by atoms with Crippen LogP contribution in [0.1, 0.15) is 37.9 Å². The summed E-state index contributed by atoms with van der Waals surface area (Å²) in [7, 11) is 1.90. The highest BCUT2D eigenvalue weighted by molar-refractivity contribution is 5.64. The Bertz CT molecular complexity index is 456. The lowest BCUT2D eigenvalue weighted by Crippen LogP contribution is -2.37. The Morgan fingerprint density at radius 3 is 2.61 bits per heavy atom. The molecule has 0 spiro atoms. The standard InChI is InChI=1S/C13H18N2O3/c1-9(16)10-6-7-12(13(8-10)15(17)18)14(2)11-4-3-5-11/h6-9,11,16H,3-5H2,1-2H3. The van der Waals surface area contributed by atoms with E-state index >= 15 is 0 Å². The molecule has 0 radical (unpaired) electrons. The van der Waals surface area contributed by atoms with E-state index < -0.39 is 6.10 Å². The van der Waals surface area contributed by atoms with Crippen LogP contribution in [0, 0.1) is 10.1 Å². The van der Waals surface area contributed by atoms with E-state index in [0.717, 1.165) is 12.8 Å². The van der Waals surface area contributed by atoms with Crippen LogP contribution in [0.4, 0.5) is 11.4 Å². The lowest BCUT2D eigenvalue weighted by Gasteiger charge is -2.36. The monoisotopic (exact) mass is 250 g/mol. The molecule has 0 aliphatic heterocycles. The van der Waals surface area contributed by atoms with Crippen molar-refractivity contribution in [2.24, 2.45) is 0 Å². The molecule has 18 heavy (non-hydrogen) atoms. The number of benzene rings is 1. The summed E-state index contributed by atoms with van der Waals surface area (Å²) < 4.78 is 0. The number of hydrogen-bond acceptors (Lipinski definition) is 4. The van der Waals surface area contributed by atoms with Gasteiger partial charge in [-0.1, -0.05) is 6.07 Å². The van der Waals surface area contributed by atoms with Crippen molar-refractivity contribution in [3.8, 4) is 0 Å². The summed E-state index contributed by atoms with van der Waals surface area (Å²) >= 11 is 0. The van der Waals surface area contributed by atoms with Crippen molar-refractivity contribution < 1.29 is 10.0 Å². The van der Waals surface area contributed by atoms with Gasteiger partial charge in [0.1, 0.15) is 5.69 Å². The van der Waals surface area contributed by atoms with Gasteiger partial charge in [-0.2, -0.15) is 0 Å². The van der Waals surface area contributed by atoms with E-state index in [1.54, 1.807) is 19.1 Å². The molecule has 0 amide bonds. The van der Waals surface area contributed by atoms with Gasteiger partial charge in [0, 0.05) is 19.2 Å². The number of anilines is 1. The van der Waals surface area contributed by atoms with Gasteiger partial charge < -0.3 is 10.0 Å². The van der Waals surface area contributed by atoms with E-state index in [2.05, 4.69) is 0 Å². The third-order valence-corrected chi connectivity index (χ3v) is 3.68. The summed E-state index contributed by atoms with van der Waals surface area (Å²) in [6.45, 7) is 1.61. The molecule has 1 aliphatic carbocycles. The summed E-state index contributed by atoms with van der Waals surface area (Å²) in [5, 5.41) is 20.6. The van der Waals surface area contributed by atoms with Gasteiger partial charge in [-0.25, -0.2) is 0 Å². The molecule has 1 atom stereocenters. The van der Waals surface area contributed by atoms with Crippen LogP contribution < -0.4 is 4.90 Å². The number of nitro groups is 1. The molecule has 98 valence electrons. The zero-order chi connectivity index (χ0) is 13.3. The second-order valence-electron chi connectivity index (χ2n) is 4.88. The normalized spacial score (nSPS) is 17.1. The van der Waals surface area contributed by atoms with Crippen LogP contribution in [0.3, 0.4) is 0 Å². The van der Waals surface area contributed by atoms with Gasteiger partial charge in [0.25, 0.3) is 5.69 Å². The smallest absolute Gasteiger partial charge is 0.292 e. The molecule has 1 N–H and O–H groups in total. The maximum Gasteiger partial charge on any atom is 0.292 e. The van der Waals surface area contributed by atoms with E-state index in [4.69, 9.17) is 0 Å². The SMILES string of the molecule is CC(O)c1ccc(N(C)C2CCC2)c([N+](=O)[O-])c1. The quantitative estimate of drug-likeness (QED) is 0.659. The van der Waals surface area contributed by atoms with Crippen LogP contribution >= 0.6 is 0 Å². The lowest BCUT2D eigenvalue weighted by atomic mass is 9.91. The topological polar surface area (TPSA) is 66.6 Å². The van der Waals surface area contributed by atoms with Crippen molar-refractivity contribution in [2.75, 3.05) is 11.9 Å². The Kier molecular flexibility index (Phi) is 3.52. The summed E-state index contributed by atoms with van der Waals surface area (Å²) in [6.07, 6.45) is 2.68. The highest BCUT2D eigenvalue weighted by Gasteiger charge is 2.27. The molecule has 5 nitrogen and oxygen atoms in total. The van der Waals surface area contributed by atoms with Crippen LogP contribution in [-0.2, 0) is 0 Å². The zero-order valence-electron chi connectivity index (χ0n) is 10.7. The molecule has 1 aliphatic rings. The maximum atomic E-state index is 11.1. The molecule has 2 rings (SSSR count). The van der Waals surface area contributed by atoms with Crippen LogP contribution in [0.5, 0.6) is 0 Å². The minimum Gasteiger partial charge on any atom is -0.389 e. The van der Waals surface area contributed by atoms with Gasteiger partial charge in [0.05, 0.1) is 11.0 Å². The third kappa shape index (κ3) is 2.31. The summed E-state index contributed by atoms with van der Waals surface area (Å²) in [5.74, 6) is 0. The molecule has 0 bridgehead atoms. The highest BCUT2D eigenvalue weighted by atomic mass is 16.6. The minimum absolute atomic E-state index is 0.0720. The zero-order valence-corrected chi connectivity index (χ0v) is 10.7. The molecule has 1 aromatic rings. The summed E-state index contributed by atoms with van der Waals surface area (Å²) in [5.41, 5.74) is 1.28. The fourth-order valence-corrected chi connectivity index (χ4v) is 2.22. The predicted octanol–water partition coefficient (Wildman–Crippen LogP) is 2.64.